The maximum atomic E-state index is 13.2. The fraction of sp³-hybridized carbons (Fsp3) is 0.429. The van der Waals surface area contributed by atoms with Crippen molar-refractivity contribution in [1.29, 1.82) is 0 Å². The highest BCUT2D eigenvalue weighted by Crippen LogP contribution is 2.24. The molecule has 5 heteroatoms. The molecule has 0 saturated carbocycles. The van der Waals surface area contributed by atoms with Crippen LogP contribution in [0.2, 0.25) is 0 Å². The maximum Gasteiger partial charge on any atom is 0.309 e. The van der Waals surface area contributed by atoms with E-state index in [1.807, 2.05) is 0 Å². The number of hydrogen-bond donors (Lipinski definition) is 1. The summed E-state index contributed by atoms with van der Waals surface area (Å²) in [6, 6.07) is 5.69. The van der Waals surface area contributed by atoms with E-state index in [0.717, 1.165) is 0 Å². The van der Waals surface area contributed by atoms with Crippen LogP contribution in [0.15, 0.2) is 24.3 Å². The Morgan fingerprint density at radius 2 is 2.00 bits per heavy atom. The number of rotatable bonds is 5. The first kappa shape index (κ1) is 15.1. The van der Waals surface area contributed by atoms with Crippen molar-refractivity contribution in [3.05, 3.63) is 30.1 Å². The second kappa shape index (κ2) is 5.82. The first-order valence-electron chi connectivity index (χ1n) is 6.07. The Morgan fingerprint density at radius 3 is 2.47 bits per heavy atom. The van der Waals surface area contributed by atoms with E-state index in [0.29, 0.717) is 12.2 Å². The minimum atomic E-state index is -1.14. The molecule has 1 aromatic rings. The zero-order valence-corrected chi connectivity index (χ0v) is 11.3. The third-order valence-corrected chi connectivity index (χ3v) is 2.91. The SMILES string of the molecule is CCN(C(=O)CC(C)(C)C(=O)O)c1cccc(F)c1. The molecule has 0 aliphatic rings. The van der Waals surface area contributed by atoms with E-state index in [9.17, 15) is 14.0 Å². The van der Waals surface area contributed by atoms with Gasteiger partial charge in [-0.3, -0.25) is 9.59 Å². The second-order valence-electron chi connectivity index (χ2n) is 4.98. The molecule has 0 heterocycles. The molecule has 0 fully saturated rings. The number of halogens is 1. The van der Waals surface area contributed by atoms with Gasteiger partial charge in [0.2, 0.25) is 5.91 Å². The summed E-state index contributed by atoms with van der Waals surface area (Å²) in [6.45, 7) is 5.11. The highest BCUT2D eigenvalue weighted by molar-refractivity contribution is 5.96. The summed E-state index contributed by atoms with van der Waals surface area (Å²) in [5, 5.41) is 9.03. The average molecular weight is 267 g/mol. The van der Waals surface area contributed by atoms with Gasteiger partial charge < -0.3 is 10.0 Å². The first-order valence-corrected chi connectivity index (χ1v) is 6.07. The lowest BCUT2D eigenvalue weighted by atomic mass is 9.89. The molecule has 19 heavy (non-hydrogen) atoms. The number of carbonyl (C=O) groups excluding carboxylic acids is 1. The topological polar surface area (TPSA) is 57.6 Å². The van der Waals surface area contributed by atoms with Crippen molar-refractivity contribution < 1.29 is 19.1 Å². The van der Waals surface area contributed by atoms with Crippen LogP contribution in [-0.4, -0.2) is 23.5 Å². The Labute approximate surface area is 111 Å². The summed E-state index contributed by atoms with van der Waals surface area (Å²) < 4.78 is 13.2. The molecule has 0 aliphatic carbocycles. The Hall–Kier alpha value is -1.91. The average Bonchev–Trinajstić information content (AvgIpc) is 2.29. The second-order valence-corrected chi connectivity index (χ2v) is 4.98. The van der Waals surface area contributed by atoms with Crippen LogP contribution in [0.4, 0.5) is 10.1 Å². The lowest BCUT2D eigenvalue weighted by molar-refractivity contribution is -0.149. The van der Waals surface area contributed by atoms with Gasteiger partial charge >= 0.3 is 5.97 Å². The third kappa shape index (κ3) is 3.77. The van der Waals surface area contributed by atoms with Crippen LogP contribution < -0.4 is 4.90 Å². The highest BCUT2D eigenvalue weighted by Gasteiger charge is 2.32. The summed E-state index contributed by atoms with van der Waals surface area (Å²) in [4.78, 5) is 24.6. The normalized spacial score (nSPS) is 11.2. The van der Waals surface area contributed by atoms with Crippen molar-refractivity contribution in [2.75, 3.05) is 11.4 Å². The van der Waals surface area contributed by atoms with E-state index in [2.05, 4.69) is 0 Å². The summed E-state index contributed by atoms with van der Waals surface area (Å²) in [6.07, 6.45) is -0.132. The predicted octanol–water partition coefficient (Wildman–Crippen LogP) is 2.68. The van der Waals surface area contributed by atoms with Crippen LogP contribution in [0.1, 0.15) is 27.2 Å². The summed E-state index contributed by atoms with van der Waals surface area (Å²) in [5.41, 5.74) is -0.702. The van der Waals surface area contributed by atoms with Crippen molar-refractivity contribution in [3.63, 3.8) is 0 Å². The lowest BCUT2D eigenvalue weighted by Gasteiger charge is -2.25. The molecule has 0 aromatic heterocycles. The lowest BCUT2D eigenvalue weighted by Crippen LogP contribution is -2.37. The van der Waals surface area contributed by atoms with Gasteiger partial charge in [0.15, 0.2) is 0 Å². The minimum absolute atomic E-state index is 0.132. The van der Waals surface area contributed by atoms with Crippen molar-refractivity contribution in [2.24, 2.45) is 5.41 Å². The van der Waals surface area contributed by atoms with Gasteiger partial charge in [0.25, 0.3) is 0 Å². The van der Waals surface area contributed by atoms with Crippen LogP contribution in [0.3, 0.4) is 0 Å². The Morgan fingerprint density at radius 1 is 1.37 bits per heavy atom. The van der Waals surface area contributed by atoms with E-state index < -0.39 is 17.2 Å². The number of carboxylic acids is 1. The minimum Gasteiger partial charge on any atom is -0.481 e. The molecule has 0 saturated heterocycles. The van der Waals surface area contributed by atoms with E-state index >= 15 is 0 Å². The number of anilines is 1. The number of carbonyl (C=O) groups is 2. The van der Waals surface area contributed by atoms with Crippen molar-refractivity contribution in [2.45, 2.75) is 27.2 Å². The van der Waals surface area contributed by atoms with E-state index in [1.165, 1.54) is 36.9 Å². The molecule has 4 nitrogen and oxygen atoms in total. The van der Waals surface area contributed by atoms with Gasteiger partial charge in [-0.05, 0) is 39.0 Å². The molecule has 0 spiro atoms. The molecule has 1 amide bonds. The molecule has 1 rings (SSSR count). The monoisotopic (exact) mass is 267 g/mol. The van der Waals surface area contributed by atoms with Gasteiger partial charge in [-0.1, -0.05) is 6.07 Å². The Bertz CT molecular complexity index is 485. The number of amides is 1. The molecule has 0 bridgehead atoms. The van der Waals surface area contributed by atoms with Crippen LogP contribution in [0.5, 0.6) is 0 Å². The van der Waals surface area contributed by atoms with E-state index in [4.69, 9.17) is 5.11 Å². The number of carboxylic acid groups (broad SMARTS) is 1. The number of hydrogen-bond acceptors (Lipinski definition) is 2. The molecule has 1 aromatic carbocycles. The third-order valence-electron chi connectivity index (χ3n) is 2.91. The molecule has 0 unspecified atom stereocenters. The summed E-state index contributed by atoms with van der Waals surface area (Å²) >= 11 is 0. The van der Waals surface area contributed by atoms with E-state index in [1.54, 1.807) is 13.0 Å². The smallest absolute Gasteiger partial charge is 0.309 e. The van der Waals surface area contributed by atoms with Crippen molar-refractivity contribution in [3.8, 4) is 0 Å². The van der Waals surface area contributed by atoms with Crippen LogP contribution >= 0.6 is 0 Å². The summed E-state index contributed by atoms with van der Waals surface area (Å²) in [7, 11) is 0. The zero-order chi connectivity index (χ0) is 14.6. The quantitative estimate of drug-likeness (QED) is 0.892. The molecular weight excluding hydrogens is 249 g/mol. The van der Waals surface area contributed by atoms with E-state index in [-0.39, 0.29) is 12.3 Å². The van der Waals surface area contributed by atoms with Gasteiger partial charge in [0.1, 0.15) is 5.82 Å². The van der Waals surface area contributed by atoms with Gasteiger partial charge in [-0.2, -0.15) is 0 Å². The number of aliphatic carboxylic acids is 1. The molecule has 0 atom stereocenters. The Balaban J connectivity index is 2.92. The van der Waals surface area contributed by atoms with Gasteiger partial charge in [-0.25, -0.2) is 4.39 Å². The fourth-order valence-corrected chi connectivity index (χ4v) is 1.70. The van der Waals surface area contributed by atoms with Crippen molar-refractivity contribution >= 4 is 17.6 Å². The summed E-state index contributed by atoms with van der Waals surface area (Å²) in [5.74, 6) is -1.79. The molecule has 0 radical (unpaired) electrons. The number of benzene rings is 1. The predicted molar refractivity (Wildman–Crippen MR) is 70.5 cm³/mol. The molecule has 0 aliphatic heterocycles. The molecule has 104 valence electrons. The van der Waals surface area contributed by atoms with Gasteiger partial charge in [0, 0.05) is 18.7 Å². The fourth-order valence-electron chi connectivity index (χ4n) is 1.70. The van der Waals surface area contributed by atoms with Crippen LogP contribution in [-0.2, 0) is 9.59 Å². The number of nitrogens with zero attached hydrogens (tertiary/aromatic N) is 1. The molecular formula is C14H18FNO3. The van der Waals surface area contributed by atoms with Crippen molar-refractivity contribution in [1.82, 2.24) is 0 Å². The first-order chi connectivity index (χ1) is 8.77. The Kier molecular flexibility index (Phi) is 4.64. The van der Waals surface area contributed by atoms with Gasteiger partial charge in [0.05, 0.1) is 5.41 Å². The highest BCUT2D eigenvalue weighted by atomic mass is 19.1. The van der Waals surface area contributed by atoms with Crippen LogP contribution in [0, 0.1) is 11.2 Å². The maximum absolute atomic E-state index is 13.2. The van der Waals surface area contributed by atoms with Crippen LogP contribution in [0.25, 0.3) is 0 Å². The molecule has 1 N–H and O–H groups in total. The van der Waals surface area contributed by atoms with Gasteiger partial charge in [-0.15, -0.1) is 0 Å². The largest absolute Gasteiger partial charge is 0.481 e. The zero-order valence-electron chi connectivity index (χ0n) is 11.3. The standard InChI is InChI=1S/C14H18FNO3/c1-4-16(11-7-5-6-10(15)8-11)12(17)9-14(2,3)13(18)19/h5-8H,4,9H2,1-3H3,(H,18,19).